The second kappa shape index (κ2) is 4.24. The first-order chi connectivity index (χ1) is 7.24. The van der Waals surface area contributed by atoms with Gasteiger partial charge in [0.25, 0.3) is 0 Å². The Balaban J connectivity index is 2.36. The van der Waals surface area contributed by atoms with Crippen molar-refractivity contribution in [2.24, 2.45) is 10.2 Å². The van der Waals surface area contributed by atoms with Gasteiger partial charge in [-0.05, 0) is 25.2 Å². The van der Waals surface area contributed by atoms with Crippen molar-refractivity contribution < 1.29 is 0 Å². The van der Waals surface area contributed by atoms with Crippen LogP contribution in [0.5, 0.6) is 0 Å². The van der Waals surface area contributed by atoms with Crippen LogP contribution in [0.4, 0.5) is 0 Å². The zero-order valence-corrected chi connectivity index (χ0v) is 9.79. The summed E-state index contributed by atoms with van der Waals surface area (Å²) in [5, 5.41) is 9.27. The number of halogens is 1. The average Bonchev–Trinajstić information content (AvgIpc) is 2.60. The molecule has 0 fully saturated rings. The lowest BCUT2D eigenvalue weighted by Crippen LogP contribution is -2.26. The molecule has 0 saturated carbocycles. The lowest BCUT2D eigenvalue weighted by atomic mass is 10.1. The molecule has 5 heteroatoms. The van der Waals surface area contributed by atoms with Crippen LogP contribution >= 0.6 is 23.8 Å². The molecule has 0 spiro atoms. The van der Waals surface area contributed by atoms with Crippen LogP contribution in [-0.4, -0.2) is 16.6 Å². The third-order valence-corrected chi connectivity index (χ3v) is 2.98. The maximum absolute atomic E-state index is 6.10. The molecule has 1 atom stereocenters. The molecule has 3 nitrogen and oxygen atoms in total. The minimum absolute atomic E-state index is 0.156. The Kier molecular flexibility index (Phi) is 2.98. The number of azo groups is 1. The summed E-state index contributed by atoms with van der Waals surface area (Å²) in [4.78, 5) is 1.94. The normalized spacial score (nSPS) is 20.0. The Labute approximate surface area is 98.8 Å². The Bertz CT molecular complexity index is 419. The van der Waals surface area contributed by atoms with E-state index in [9.17, 15) is 0 Å². The van der Waals surface area contributed by atoms with Crippen molar-refractivity contribution in [3.8, 4) is 0 Å². The zero-order chi connectivity index (χ0) is 10.8. The highest BCUT2D eigenvalue weighted by molar-refractivity contribution is 7.80. The molecule has 0 aromatic heterocycles. The average molecular weight is 240 g/mol. The second-order valence-electron chi connectivity index (χ2n) is 3.18. The fourth-order valence-corrected chi connectivity index (χ4v) is 2.06. The van der Waals surface area contributed by atoms with E-state index < -0.39 is 0 Å². The molecule has 15 heavy (non-hydrogen) atoms. The Morgan fingerprint density at radius 1 is 1.47 bits per heavy atom. The summed E-state index contributed by atoms with van der Waals surface area (Å²) in [6, 6.07) is 7.63. The van der Waals surface area contributed by atoms with Gasteiger partial charge in [-0.3, -0.25) is 0 Å². The van der Waals surface area contributed by atoms with Crippen molar-refractivity contribution >= 4 is 28.9 Å². The van der Waals surface area contributed by atoms with Gasteiger partial charge in [0.2, 0.25) is 5.11 Å². The maximum atomic E-state index is 6.10. The van der Waals surface area contributed by atoms with Crippen LogP contribution < -0.4 is 0 Å². The topological polar surface area (TPSA) is 28.0 Å². The van der Waals surface area contributed by atoms with E-state index in [0.29, 0.717) is 10.1 Å². The van der Waals surface area contributed by atoms with Gasteiger partial charge in [0.15, 0.2) is 6.17 Å². The molecule has 1 unspecified atom stereocenters. The first-order valence-electron chi connectivity index (χ1n) is 4.70. The molecular weight excluding hydrogens is 230 g/mol. The third kappa shape index (κ3) is 1.87. The summed E-state index contributed by atoms with van der Waals surface area (Å²) in [6.07, 6.45) is -0.156. The van der Waals surface area contributed by atoms with Gasteiger partial charge in [-0.2, -0.15) is 5.11 Å². The van der Waals surface area contributed by atoms with Gasteiger partial charge in [0, 0.05) is 17.1 Å². The minimum Gasteiger partial charge on any atom is -0.319 e. The fourth-order valence-electron chi connectivity index (χ4n) is 1.55. The third-order valence-electron chi connectivity index (χ3n) is 2.32. The molecule has 1 aliphatic heterocycles. The standard InChI is InChI=1S/C10H10ClN3S/c1-2-14-9(12-13-10(14)15)7-5-3-4-6-8(7)11/h3-6,9H,2H2,1H3. The molecule has 1 heterocycles. The van der Waals surface area contributed by atoms with E-state index in [1.54, 1.807) is 0 Å². The molecule has 0 N–H and O–H groups in total. The predicted octanol–water partition coefficient (Wildman–Crippen LogP) is 3.41. The van der Waals surface area contributed by atoms with Gasteiger partial charge in [-0.15, -0.1) is 5.11 Å². The molecule has 0 bridgehead atoms. The SMILES string of the molecule is CCN1C(=S)N=NC1c1ccccc1Cl. The first-order valence-corrected chi connectivity index (χ1v) is 5.48. The summed E-state index contributed by atoms with van der Waals surface area (Å²) in [7, 11) is 0. The van der Waals surface area contributed by atoms with Crippen molar-refractivity contribution in [1.82, 2.24) is 4.90 Å². The number of hydrogen-bond acceptors (Lipinski definition) is 2. The molecule has 0 aliphatic carbocycles. The van der Waals surface area contributed by atoms with Gasteiger partial charge >= 0.3 is 0 Å². The van der Waals surface area contributed by atoms with Crippen LogP contribution in [0.15, 0.2) is 34.5 Å². The smallest absolute Gasteiger partial charge is 0.218 e. The van der Waals surface area contributed by atoms with Crippen molar-refractivity contribution in [2.75, 3.05) is 6.54 Å². The molecule has 0 saturated heterocycles. The maximum Gasteiger partial charge on any atom is 0.218 e. The Morgan fingerprint density at radius 2 is 2.20 bits per heavy atom. The highest BCUT2D eigenvalue weighted by atomic mass is 35.5. The van der Waals surface area contributed by atoms with Crippen LogP contribution in [0.1, 0.15) is 18.7 Å². The van der Waals surface area contributed by atoms with Crippen LogP contribution in [0.3, 0.4) is 0 Å². The molecular formula is C10H10ClN3S. The lowest BCUT2D eigenvalue weighted by molar-refractivity contribution is 0.364. The van der Waals surface area contributed by atoms with Gasteiger partial charge in [0.1, 0.15) is 0 Å². The highest BCUT2D eigenvalue weighted by Crippen LogP contribution is 2.32. The summed E-state index contributed by atoms with van der Waals surface area (Å²) in [6.45, 7) is 2.80. The molecule has 1 aliphatic rings. The van der Waals surface area contributed by atoms with Gasteiger partial charge in [0.05, 0.1) is 0 Å². The van der Waals surface area contributed by atoms with E-state index in [-0.39, 0.29) is 6.17 Å². The fraction of sp³-hybridized carbons (Fsp3) is 0.300. The number of nitrogens with zero attached hydrogens (tertiary/aromatic N) is 3. The van der Waals surface area contributed by atoms with Gasteiger partial charge < -0.3 is 4.90 Å². The van der Waals surface area contributed by atoms with E-state index in [1.807, 2.05) is 36.1 Å². The van der Waals surface area contributed by atoms with Crippen LogP contribution in [-0.2, 0) is 0 Å². The van der Waals surface area contributed by atoms with Crippen molar-refractivity contribution in [2.45, 2.75) is 13.1 Å². The summed E-state index contributed by atoms with van der Waals surface area (Å²) in [5.74, 6) is 0. The van der Waals surface area contributed by atoms with E-state index >= 15 is 0 Å². The Hall–Kier alpha value is -1.00. The second-order valence-corrected chi connectivity index (χ2v) is 3.95. The molecule has 78 valence electrons. The molecule has 2 rings (SSSR count). The Morgan fingerprint density at radius 3 is 2.87 bits per heavy atom. The van der Waals surface area contributed by atoms with E-state index in [0.717, 1.165) is 12.1 Å². The van der Waals surface area contributed by atoms with Crippen LogP contribution in [0, 0.1) is 0 Å². The van der Waals surface area contributed by atoms with Gasteiger partial charge in [-0.25, -0.2) is 0 Å². The monoisotopic (exact) mass is 239 g/mol. The van der Waals surface area contributed by atoms with Crippen LogP contribution in [0.25, 0.3) is 0 Å². The lowest BCUT2D eigenvalue weighted by Gasteiger charge is -2.21. The van der Waals surface area contributed by atoms with E-state index in [1.165, 1.54) is 0 Å². The van der Waals surface area contributed by atoms with Crippen molar-refractivity contribution in [1.29, 1.82) is 0 Å². The molecule has 0 radical (unpaired) electrons. The van der Waals surface area contributed by atoms with Crippen molar-refractivity contribution in [3.05, 3.63) is 34.9 Å². The van der Waals surface area contributed by atoms with Crippen molar-refractivity contribution in [3.63, 3.8) is 0 Å². The highest BCUT2D eigenvalue weighted by Gasteiger charge is 2.27. The summed E-state index contributed by atoms with van der Waals surface area (Å²) < 4.78 is 0. The molecule has 0 amide bonds. The summed E-state index contributed by atoms with van der Waals surface area (Å²) >= 11 is 11.2. The van der Waals surface area contributed by atoms with Crippen LogP contribution in [0.2, 0.25) is 5.02 Å². The molecule has 1 aromatic rings. The molecule has 1 aromatic carbocycles. The van der Waals surface area contributed by atoms with Gasteiger partial charge in [-0.1, -0.05) is 29.8 Å². The number of benzene rings is 1. The number of rotatable bonds is 2. The number of hydrogen-bond donors (Lipinski definition) is 0. The van der Waals surface area contributed by atoms with E-state index in [2.05, 4.69) is 10.2 Å². The minimum atomic E-state index is -0.156. The zero-order valence-electron chi connectivity index (χ0n) is 8.22. The predicted molar refractivity (Wildman–Crippen MR) is 64.0 cm³/mol. The number of thiocarbonyl (C=S) groups is 1. The summed E-state index contributed by atoms with van der Waals surface area (Å²) in [5.41, 5.74) is 0.949. The van der Waals surface area contributed by atoms with E-state index in [4.69, 9.17) is 23.8 Å². The quantitative estimate of drug-likeness (QED) is 0.740. The first kappa shape index (κ1) is 10.5. The largest absolute Gasteiger partial charge is 0.319 e.